The molecule has 1 atom stereocenters. The molecule has 1 unspecified atom stereocenters. The van der Waals surface area contributed by atoms with Crippen molar-refractivity contribution in [2.24, 2.45) is 4.99 Å². The average Bonchev–Trinajstić information content (AvgIpc) is 3.11. The number of carbonyl (C=O) groups excluding carboxylic acids is 3. The third-order valence-electron chi connectivity index (χ3n) is 4.82. The maximum Gasteiger partial charge on any atom is 0.408 e. The van der Waals surface area contributed by atoms with Crippen LogP contribution in [0.25, 0.3) is 0 Å². The number of alkyl carbamates (subject to hydrolysis) is 1. The van der Waals surface area contributed by atoms with Gasteiger partial charge in [-0.2, -0.15) is 4.99 Å². The van der Waals surface area contributed by atoms with Crippen LogP contribution in [0.15, 0.2) is 58.3 Å². The first-order valence-corrected chi connectivity index (χ1v) is 12.9. The zero-order valence-electron chi connectivity index (χ0n) is 21.1. The number of hydrogen-bond donors (Lipinski definition) is 1. The first-order valence-electron chi connectivity index (χ1n) is 11.4. The van der Waals surface area contributed by atoms with Gasteiger partial charge < -0.3 is 14.8 Å². The van der Waals surface area contributed by atoms with Gasteiger partial charge in [-0.25, -0.2) is 22.9 Å². The van der Waals surface area contributed by atoms with Gasteiger partial charge in [0.05, 0.1) is 6.54 Å². The summed E-state index contributed by atoms with van der Waals surface area (Å²) in [7, 11) is 0. The summed E-state index contributed by atoms with van der Waals surface area (Å²) in [5.74, 6) is -1.42. The number of esters is 1. The molecule has 1 heterocycles. The van der Waals surface area contributed by atoms with Crippen LogP contribution in [0.3, 0.4) is 0 Å². The number of hydrogen-bond acceptors (Lipinski definition) is 7. The highest BCUT2D eigenvalue weighted by Gasteiger charge is 2.23. The predicted octanol–water partition coefficient (Wildman–Crippen LogP) is 4.22. The van der Waals surface area contributed by atoms with Gasteiger partial charge in [0.2, 0.25) is 4.80 Å². The number of ether oxygens (including phenoxy) is 2. The number of nitrogens with one attached hydrogen (secondary N) is 1. The van der Waals surface area contributed by atoms with Crippen molar-refractivity contribution in [3.63, 3.8) is 0 Å². The molecule has 3 aromatic rings. The van der Waals surface area contributed by atoms with E-state index in [1.807, 2.05) is 0 Å². The third kappa shape index (κ3) is 8.30. The highest BCUT2D eigenvalue weighted by molar-refractivity contribution is 7.03. The Morgan fingerprint density at radius 2 is 1.61 bits per heavy atom. The van der Waals surface area contributed by atoms with Crippen molar-refractivity contribution < 1.29 is 23.9 Å². The third-order valence-corrected chi connectivity index (χ3v) is 6.30. The first kappa shape index (κ1) is 29.2. The summed E-state index contributed by atoms with van der Waals surface area (Å²) >= 11 is 12.8. The lowest BCUT2D eigenvalue weighted by atomic mass is 10.2. The minimum Gasteiger partial charge on any atom is -0.444 e. The van der Waals surface area contributed by atoms with E-state index in [1.165, 1.54) is 23.0 Å². The van der Waals surface area contributed by atoms with Gasteiger partial charge in [-0.3, -0.25) is 4.79 Å². The Hall–Kier alpha value is -3.41. The molecule has 0 radical (unpaired) electrons. The quantitative estimate of drug-likeness (QED) is 0.417. The summed E-state index contributed by atoms with van der Waals surface area (Å²) in [6.45, 7) is 6.13. The molecule has 2 amide bonds. The lowest BCUT2D eigenvalue weighted by Crippen LogP contribution is -2.43. The molecular weight excluding hydrogens is 555 g/mol. The van der Waals surface area contributed by atoms with Crippen LogP contribution in [0, 0.1) is 0 Å². The van der Waals surface area contributed by atoms with Gasteiger partial charge in [0.25, 0.3) is 5.91 Å². The SMILES string of the molecule is CC(NC(=O)OC(C)(C)C)C(=O)OCn1c(=NC(=O)c2ccc(Cl)cc2)sn(Cc2ccc(Cl)cc2)c1=O. The zero-order chi connectivity index (χ0) is 28.0. The highest BCUT2D eigenvalue weighted by atomic mass is 35.5. The fraction of sp³-hybridized carbons (Fsp3) is 0.320. The monoisotopic (exact) mass is 580 g/mol. The van der Waals surface area contributed by atoms with E-state index in [-0.39, 0.29) is 16.9 Å². The Labute approximate surface area is 232 Å². The standard InChI is InChI=1S/C25H26Cl2N4O6S/c1-15(28-23(34)37-25(2,3)4)21(33)36-14-30-22(29-20(32)17-7-11-19(27)12-8-17)38-31(24(30)35)13-16-5-9-18(26)10-6-16/h5-12,15H,13-14H2,1-4H3,(H,28,34). The van der Waals surface area contributed by atoms with Gasteiger partial charge in [-0.1, -0.05) is 35.3 Å². The van der Waals surface area contributed by atoms with Gasteiger partial charge >= 0.3 is 17.8 Å². The number of benzene rings is 2. The molecule has 3 rings (SSSR count). The number of aromatic nitrogens is 2. The average molecular weight is 581 g/mol. The van der Waals surface area contributed by atoms with Crippen LogP contribution in [0.2, 0.25) is 10.0 Å². The zero-order valence-corrected chi connectivity index (χ0v) is 23.4. The summed E-state index contributed by atoms with van der Waals surface area (Å²) in [6.07, 6.45) is -0.792. The second-order valence-electron chi connectivity index (χ2n) is 9.13. The lowest BCUT2D eigenvalue weighted by molar-refractivity contribution is -0.149. The van der Waals surface area contributed by atoms with Crippen molar-refractivity contribution in [3.8, 4) is 0 Å². The van der Waals surface area contributed by atoms with Gasteiger partial charge in [-0.15, -0.1) is 0 Å². The molecular formula is C25H26Cl2N4O6S. The minimum absolute atomic E-state index is 0.0180. The molecule has 0 aliphatic heterocycles. The first-order chi connectivity index (χ1) is 17.8. The summed E-state index contributed by atoms with van der Waals surface area (Å²) < 4.78 is 12.8. The van der Waals surface area contributed by atoms with Gasteiger partial charge in [-0.05, 0) is 81.2 Å². The maximum atomic E-state index is 13.2. The Balaban J connectivity index is 1.86. The van der Waals surface area contributed by atoms with Crippen LogP contribution < -0.4 is 15.8 Å². The van der Waals surface area contributed by atoms with Crippen LogP contribution in [0.4, 0.5) is 4.79 Å². The minimum atomic E-state index is -1.06. The smallest absolute Gasteiger partial charge is 0.408 e. The normalized spacial score (nSPS) is 12.6. The topological polar surface area (TPSA) is 121 Å². The molecule has 0 fully saturated rings. The van der Waals surface area contributed by atoms with Crippen molar-refractivity contribution in [2.45, 2.75) is 52.6 Å². The van der Waals surface area contributed by atoms with E-state index in [4.69, 9.17) is 32.7 Å². The summed E-state index contributed by atoms with van der Waals surface area (Å²) in [5, 5.41) is 3.38. The number of carbonyl (C=O) groups is 3. The van der Waals surface area contributed by atoms with E-state index in [0.717, 1.165) is 21.7 Å². The maximum absolute atomic E-state index is 13.2. The molecule has 0 saturated heterocycles. The van der Waals surface area contributed by atoms with Crippen molar-refractivity contribution in [2.75, 3.05) is 0 Å². The van der Waals surface area contributed by atoms with Crippen molar-refractivity contribution in [3.05, 3.63) is 85.0 Å². The highest BCUT2D eigenvalue weighted by Crippen LogP contribution is 2.12. The lowest BCUT2D eigenvalue weighted by Gasteiger charge is -2.21. The van der Waals surface area contributed by atoms with Crippen LogP contribution in [0.1, 0.15) is 43.6 Å². The second-order valence-corrected chi connectivity index (χ2v) is 11.0. The molecule has 13 heteroatoms. The molecule has 202 valence electrons. The van der Waals surface area contributed by atoms with E-state index in [0.29, 0.717) is 10.0 Å². The molecule has 0 aliphatic carbocycles. The van der Waals surface area contributed by atoms with Gasteiger partial charge in [0, 0.05) is 15.6 Å². The Bertz CT molecular complexity index is 1440. The Morgan fingerprint density at radius 1 is 1.03 bits per heavy atom. The van der Waals surface area contributed by atoms with Crippen molar-refractivity contribution in [1.29, 1.82) is 0 Å². The number of halogens is 2. The van der Waals surface area contributed by atoms with E-state index in [1.54, 1.807) is 57.2 Å². The molecule has 0 spiro atoms. The van der Waals surface area contributed by atoms with E-state index in [2.05, 4.69) is 10.3 Å². The largest absolute Gasteiger partial charge is 0.444 e. The molecule has 1 N–H and O–H groups in total. The fourth-order valence-electron chi connectivity index (χ4n) is 2.99. The summed E-state index contributed by atoms with van der Waals surface area (Å²) in [6, 6.07) is 12.0. The Morgan fingerprint density at radius 3 is 2.18 bits per heavy atom. The fourth-order valence-corrected chi connectivity index (χ4v) is 4.18. The molecule has 1 aromatic heterocycles. The molecule has 2 aromatic carbocycles. The van der Waals surface area contributed by atoms with Gasteiger partial charge in [0.15, 0.2) is 6.73 Å². The number of rotatable bonds is 7. The van der Waals surface area contributed by atoms with Crippen LogP contribution in [-0.4, -0.2) is 38.1 Å². The molecule has 38 heavy (non-hydrogen) atoms. The van der Waals surface area contributed by atoms with Crippen LogP contribution in [-0.2, 0) is 27.5 Å². The Kier molecular flexibility index (Phi) is 9.53. The second kappa shape index (κ2) is 12.4. The summed E-state index contributed by atoms with van der Waals surface area (Å²) in [5.41, 5.74) is -0.248. The van der Waals surface area contributed by atoms with Crippen LogP contribution >= 0.6 is 34.7 Å². The molecule has 10 nitrogen and oxygen atoms in total. The number of nitrogens with zero attached hydrogens (tertiary/aromatic N) is 3. The van der Waals surface area contributed by atoms with Gasteiger partial charge in [0.1, 0.15) is 11.6 Å². The molecule has 0 bridgehead atoms. The van der Waals surface area contributed by atoms with E-state index < -0.39 is 42.0 Å². The van der Waals surface area contributed by atoms with Crippen LogP contribution in [0.5, 0.6) is 0 Å². The molecule has 0 saturated carbocycles. The van der Waals surface area contributed by atoms with E-state index >= 15 is 0 Å². The van der Waals surface area contributed by atoms with Crippen molar-refractivity contribution in [1.82, 2.24) is 13.8 Å². The molecule has 0 aliphatic rings. The number of amides is 2. The summed E-state index contributed by atoms with van der Waals surface area (Å²) in [4.78, 5) is 54.5. The van der Waals surface area contributed by atoms with Crippen molar-refractivity contribution >= 4 is 52.7 Å². The van der Waals surface area contributed by atoms with E-state index in [9.17, 15) is 19.2 Å². The predicted molar refractivity (Wildman–Crippen MR) is 143 cm³/mol.